The summed E-state index contributed by atoms with van der Waals surface area (Å²) in [6, 6.07) is 0.240. The van der Waals surface area contributed by atoms with Crippen molar-refractivity contribution in [1.29, 1.82) is 0 Å². The molecule has 1 N–H and O–H groups in total. The molecule has 0 radical (unpaired) electrons. The minimum atomic E-state index is 0.240. The predicted molar refractivity (Wildman–Crippen MR) is 68.7 cm³/mol. The predicted octanol–water partition coefficient (Wildman–Crippen LogP) is 2.17. The van der Waals surface area contributed by atoms with Gasteiger partial charge in [-0.15, -0.1) is 0 Å². The van der Waals surface area contributed by atoms with E-state index in [0.717, 1.165) is 43.4 Å². The lowest BCUT2D eigenvalue weighted by Gasteiger charge is -2.25. The van der Waals surface area contributed by atoms with Crippen molar-refractivity contribution in [3.05, 3.63) is 11.7 Å². The maximum absolute atomic E-state index is 5.87. The largest absolute Gasteiger partial charge is 0.374 e. The van der Waals surface area contributed by atoms with E-state index in [2.05, 4.69) is 22.4 Å². The Kier molecular flexibility index (Phi) is 2.84. The van der Waals surface area contributed by atoms with E-state index in [1.807, 2.05) is 0 Å². The molecule has 5 unspecified atom stereocenters. The normalized spacial score (nSPS) is 41.8. The van der Waals surface area contributed by atoms with Crippen LogP contribution < -0.4 is 5.32 Å². The van der Waals surface area contributed by atoms with Gasteiger partial charge in [-0.2, -0.15) is 4.98 Å². The summed E-state index contributed by atoms with van der Waals surface area (Å²) in [7, 11) is 0. The Bertz CT molecular complexity index is 461. The molecule has 0 spiro atoms. The Morgan fingerprint density at radius 2 is 2.16 bits per heavy atom. The van der Waals surface area contributed by atoms with Gasteiger partial charge in [0.2, 0.25) is 5.89 Å². The molecule has 1 aromatic rings. The van der Waals surface area contributed by atoms with Crippen LogP contribution in [0, 0.1) is 5.92 Å². The molecule has 3 saturated heterocycles. The molecular formula is C14H21N3O2. The van der Waals surface area contributed by atoms with E-state index in [-0.39, 0.29) is 6.04 Å². The third kappa shape index (κ3) is 2.09. The summed E-state index contributed by atoms with van der Waals surface area (Å²) in [4.78, 5) is 4.65. The number of nitrogens with one attached hydrogen (secondary N) is 1. The van der Waals surface area contributed by atoms with Gasteiger partial charge in [-0.1, -0.05) is 12.1 Å². The SMILES string of the molecule is CC1CCNC(c2nc(C3CC4CCC3O4)no2)C1. The number of hydrogen-bond donors (Lipinski definition) is 1. The molecule has 104 valence electrons. The van der Waals surface area contributed by atoms with Gasteiger partial charge in [0.05, 0.1) is 24.2 Å². The number of nitrogens with zero attached hydrogens (tertiary/aromatic N) is 2. The van der Waals surface area contributed by atoms with Gasteiger partial charge in [0.1, 0.15) is 0 Å². The molecule has 0 aromatic carbocycles. The van der Waals surface area contributed by atoms with Crippen LogP contribution in [0.5, 0.6) is 0 Å². The second-order valence-electron chi connectivity index (χ2n) is 6.34. The smallest absolute Gasteiger partial charge is 0.243 e. The summed E-state index contributed by atoms with van der Waals surface area (Å²) in [5.74, 6) is 2.72. The highest BCUT2D eigenvalue weighted by Gasteiger charge is 2.44. The third-order valence-corrected chi connectivity index (χ3v) is 4.86. The molecule has 0 saturated carbocycles. The van der Waals surface area contributed by atoms with Gasteiger partial charge in [-0.05, 0) is 44.6 Å². The zero-order valence-corrected chi connectivity index (χ0v) is 11.3. The van der Waals surface area contributed by atoms with Crippen molar-refractivity contribution in [1.82, 2.24) is 15.5 Å². The van der Waals surface area contributed by atoms with Crippen molar-refractivity contribution in [3.63, 3.8) is 0 Å². The van der Waals surface area contributed by atoms with Gasteiger partial charge in [-0.3, -0.25) is 0 Å². The second kappa shape index (κ2) is 4.56. The number of aromatic nitrogens is 2. The van der Waals surface area contributed by atoms with Crippen LogP contribution in [-0.2, 0) is 4.74 Å². The molecule has 3 fully saturated rings. The summed E-state index contributed by atoms with van der Waals surface area (Å²) in [6.45, 7) is 3.33. The molecule has 3 aliphatic heterocycles. The van der Waals surface area contributed by atoms with Crippen molar-refractivity contribution >= 4 is 0 Å². The summed E-state index contributed by atoms with van der Waals surface area (Å²) >= 11 is 0. The first-order valence-corrected chi connectivity index (χ1v) is 7.52. The van der Waals surface area contributed by atoms with E-state index in [0.29, 0.717) is 18.1 Å². The van der Waals surface area contributed by atoms with Crippen LogP contribution in [0.3, 0.4) is 0 Å². The zero-order valence-electron chi connectivity index (χ0n) is 11.3. The van der Waals surface area contributed by atoms with Crippen molar-refractivity contribution in [3.8, 4) is 0 Å². The van der Waals surface area contributed by atoms with Crippen LogP contribution >= 0.6 is 0 Å². The van der Waals surface area contributed by atoms with Crippen molar-refractivity contribution in [2.24, 2.45) is 5.92 Å². The van der Waals surface area contributed by atoms with Crippen molar-refractivity contribution in [2.45, 2.75) is 63.2 Å². The summed E-state index contributed by atoms with van der Waals surface area (Å²) in [5.41, 5.74) is 0. The van der Waals surface area contributed by atoms with Gasteiger partial charge >= 0.3 is 0 Å². The fourth-order valence-electron chi connectivity index (χ4n) is 3.74. The number of rotatable bonds is 2. The summed E-state index contributed by atoms with van der Waals surface area (Å²) < 4.78 is 11.4. The van der Waals surface area contributed by atoms with Crippen LogP contribution in [0.15, 0.2) is 4.52 Å². The lowest BCUT2D eigenvalue weighted by atomic mass is 9.89. The van der Waals surface area contributed by atoms with E-state index >= 15 is 0 Å². The second-order valence-corrected chi connectivity index (χ2v) is 6.34. The van der Waals surface area contributed by atoms with Gasteiger partial charge in [0.15, 0.2) is 5.82 Å². The summed E-state index contributed by atoms with van der Waals surface area (Å²) in [6.07, 6.45) is 6.51. The topological polar surface area (TPSA) is 60.2 Å². The van der Waals surface area contributed by atoms with Crippen molar-refractivity contribution in [2.75, 3.05) is 6.54 Å². The lowest BCUT2D eigenvalue weighted by Crippen LogP contribution is -2.31. The molecule has 2 bridgehead atoms. The van der Waals surface area contributed by atoms with Gasteiger partial charge < -0.3 is 14.6 Å². The van der Waals surface area contributed by atoms with Crippen LogP contribution in [0.25, 0.3) is 0 Å². The Labute approximate surface area is 113 Å². The molecule has 0 amide bonds. The molecule has 5 nitrogen and oxygen atoms in total. The molecule has 19 heavy (non-hydrogen) atoms. The number of piperidine rings is 1. The monoisotopic (exact) mass is 263 g/mol. The number of fused-ring (bicyclic) bond motifs is 2. The Morgan fingerprint density at radius 1 is 1.21 bits per heavy atom. The summed E-state index contributed by atoms with van der Waals surface area (Å²) in [5, 5.41) is 7.69. The molecule has 4 heterocycles. The van der Waals surface area contributed by atoms with Gasteiger partial charge in [0, 0.05) is 0 Å². The van der Waals surface area contributed by atoms with Crippen LogP contribution in [0.2, 0.25) is 0 Å². The van der Waals surface area contributed by atoms with Gasteiger partial charge in [-0.25, -0.2) is 0 Å². The molecule has 0 aliphatic carbocycles. The van der Waals surface area contributed by atoms with E-state index in [1.165, 1.54) is 12.8 Å². The standard InChI is InChI=1S/C14H21N3O2/c1-8-4-5-15-11(6-8)14-16-13(17-19-14)10-7-9-2-3-12(10)18-9/h8-12,15H,2-7H2,1H3. The van der Waals surface area contributed by atoms with Crippen LogP contribution in [0.1, 0.15) is 62.7 Å². The molecular weight excluding hydrogens is 242 g/mol. The van der Waals surface area contributed by atoms with E-state index in [4.69, 9.17) is 9.26 Å². The quantitative estimate of drug-likeness (QED) is 0.886. The highest BCUT2D eigenvalue weighted by Crippen LogP contribution is 2.43. The maximum Gasteiger partial charge on any atom is 0.243 e. The highest BCUT2D eigenvalue weighted by atomic mass is 16.5. The van der Waals surface area contributed by atoms with E-state index < -0.39 is 0 Å². The number of ether oxygens (including phenoxy) is 1. The van der Waals surface area contributed by atoms with E-state index in [9.17, 15) is 0 Å². The highest BCUT2D eigenvalue weighted by molar-refractivity contribution is 5.08. The molecule has 5 heteroatoms. The first-order valence-electron chi connectivity index (χ1n) is 7.52. The minimum absolute atomic E-state index is 0.240. The Balaban J connectivity index is 1.50. The average Bonchev–Trinajstić information content (AvgIpc) is 3.14. The van der Waals surface area contributed by atoms with Crippen LogP contribution in [-0.4, -0.2) is 28.9 Å². The molecule has 1 aromatic heterocycles. The van der Waals surface area contributed by atoms with Crippen molar-refractivity contribution < 1.29 is 9.26 Å². The maximum atomic E-state index is 5.87. The first-order chi connectivity index (χ1) is 9.29. The van der Waals surface area contributed by atoms with E-state index in [1.54, 1.807) is 0 Å². The van der Waals surface area contributed by atoms with Gasteiger partial charge in [0.25, 0.3) is 0 Å². The minimum Gasteiger partial charge on any atom is -0.374 e. The first kappa shape index (κ1) is 11.9. The van der Waals surface area contributed by atoms with Crippen LogP contribution in [0.4, 0.5) is 0 Å². The lowest BCUT2D eigenvalue weighted by molar-refractivity contribution is 0.0996. The Morgan fingerprint density at radius 3 is 2.89 bits per heavy atom. The third-order valence-electron chi connectivity index (χ3n) is 4.86. The molecule has 4 rings (SSSR count). The number of hydrogen-bond acceptors (Lipinski definition) is 5. The molecule has 5 atom stereocenters. The Hall–Kier alpha value is -0.940. The zero-order chi connectivity index (χ0) is 12.8. The average molecular weight is 263 g/mol. The molecule has 3 aliphatic rings. The fraction of sp³-hybridized carbons (Fsp3) is 0.857. The fourth-order valence-corrected chi connectivity index (χ4v) is 3.74.